The van der Waals surface area contributed by atoms with Gasteiger partial charge >= 0.3 is 6.18 Å². The maximum Gasteiger partial charge on any atom is 0.402 e. The SMILES string of the molecule is CC(C)N(CC(F)(F)F)S(=O)(=O)c1ccc(CO)o1. The summed E-state index contributed by atoms with van der Waals surface area (Å²) in [5, 5.41) is 8.15. The van der Waals surface area contributed by atoms with Gasteiger partial charge in [-0.15, -0.1) is 0 Å². The molecule has 0 aliphatic carbocycles. The number of nitrogens with zero attached hydrogens (tertiary/aromatic N) is 1. The molecule has 0 fully saturated rings. The van der Waals surface area contributed by atoms with Crippen LogP contribution in [0.3, 0.4) is 0 Å². The number of aliphatic hydroxyl groups excluding tert-OH is 1. The molecule has 5 nitrogen and oxygen atoms in total. The Balaban J connectivity index is 3.13. The van der Waals surface area contributed by atoms with E-state index in [1.807, 2.05) is 0 Å². The Morgan fingerprint density at radius 1 is 1.37 bits per heavy atom. The number of hydrogen-bond acceptors (Lipinski definition) is 4. The molecule has 1 heterocycles. The van der Waals surface area contributed by atoms with Crippen molar-refractivity contribution in [2.24, 2.45) is 0 Å². The Bertz CT molecular complexity index is 521. The summed E-state index contributed by atoms with van der Waals surface area (Å²) in [5.41, 5.74) is 0. The molecule has 1 aromatic rings. The van der Waals surface area contributed by atoms with Crippen LogP contribution in [0, 0.1) is 0 Å². The second-order valence-electron chi connectivity index (χ2n) is 4.14. The van der Waals surface area contributed by atoms with Crippen LogP contribution in [-0.4, -0.2) is 36.6 Å². The molecule has 0 amide bonds. The first-order valence-electron chi connectivity index (χ1n) is 5.36. The van der Waals surface area contributed by atoms with E-state index in [0.717, 1.165) is 6.07 Å². The molecular formula is C10H14F3NO4S. The van der Waals surface area contributed by atoms with Crippen molar-refractivity contribution in [1.82, 2.24) is 4.31 Å². The van der Waals surface area contributed by atoms with Gasteiger partial charge in [0.05, 0.1) is 0 Å². The van der Waals surface area contributed by atoms with Gasteiger partial charge in [0, 0.05) is 6.04 Å². The van der Waals surface area contributed by atoms with E-state index in [2.05, 4.69) is 0 Å². The van der Waals surface area contributed by atoms with E-state index in [0.29, 0.717) is 4.31 Å². The Hall–Kier alpha value is -1.06. The maximum absolute atomic E-state index is 12.4. The summed E-state index contributed by atoms with van der Waals surface area (Å²) in [7, 11) is -4.39. The van der Waals surface area contributed by atoms with Crippen LogP contribution in [0.2, 0.25) is 0 Å². The molecule has 1 N–H and O–H groups in total. The topological polar surface area (TPSA) is 70.8 Å². The first kappa shape index (κ1) is 16.0. The molecule has 0 atom stereocenters. The fourth-order valence-electron chi connectivity index (χ4n) is 1.42. The second-order valence-corrected chi connectivity index (χ2v) is 5.96. The minimum atomic E-state index is -4.65. The highest BCUT2D eigenvalue weighted by molar-refractivity contribution is 7.89. The van der Waals surface area contributed by atoms with E-state index in [-0.39, 0.29) is 5.76 Å². The standard InChI is InChI=1S/C10H14F3NO4S/c1-7(2)14(6-10(11,12)13)19(16,17)9-4-3-8(5-15)18-9/h3-4,7,15H,5-6H2,1-2H3. The molecular weight excluding hydrogens is 287 g/mol. The van der Waals surface area contributed by atoms with Gasteiger partial charge in [-0.05, 0) is 26.0 Å². The van der Waals surface area contributed by atoms with Crippen LogP contribution >= 0.6 is 0 Å². The van der Waals surface area contributed by atoms with E-state index in [1.54, 1.807) is 0 Å². The zero-order valence-electron chi connectivity index (χ0n) is 10.3. The van der Waals surface area contributed by atoms with Crippen LogP contribution in [0.5, 0.6) is 0 Å². The average molecular weight is 301 g/mol. The number of furan rings is 1. The van der Waals surface area contributed by atoms with Crippen LogP contribution in [0.25, 0.3) is 0 Å². The molecule has 0 aliphatic rings. The van der Waals surface area contributed by atoms with Crippen molar-refractivity contribution in [3.05, 3.63) is 17.9 Å². The normalized spacial score (nSPS) is 13.5. The number of sulfonamides is 1. The smallest absolute Gasteiger partial charge is 0.402 e. The Morgan fingerprint density at radius 2 is 1.95 bits per heavy atom. The quantitative estimate of drug-likeness (QED) is 0.899. The lowest BCUT2D eigenvalue weighted by atomic mass is 10.4. The maximum atomic E-state index is 12.4. The molecule has 0 spiro atoms. The van der Waals surface area contributed by atoms with Crippen molar-refractivity contribution >= 4 is 10.0 Å². The zero-order chi connectivity index (χ0) is 14.8. The third-order valence-electron chi connectivity index (χ3n) is 2.27. The van der Waals surface area contributed by atoms with Crippen LogP contribution in [-0.2, 0) is 16.6 Å². The summed E-state index contributed by atoms with van der Waals surface area (Å²) in [4.78, 5) is 0. The lowest BCUT2D eigenvalue weighted by Crippen LogP contribution is -2.43. The molecule has 0 radical (unpaired) electrons. The van der Waals surface area contributed by atoms with Gasteiger partial charge in [-0.2, -0.15) is 17.5 Å². The summed E-state index contributed by atoms with van der Waals surface area (Å²) >= 11 is 0. The number of aliphatic hydroxyl groups is 1. The summed E-state index contributed by atoms with van der Waals surface area (Å²) in [6.07, 6.45) is -4.65. The van der Waals surface area contributed by atoms with Gasteiger partial charge in [0.25, 0.3) is 10.0 Å². The molecule has 0 bridgehead atoms. The molecule has 0 aliphatic heterocycles. The van der Waals surface area contributed by atoms with Crippen LogP contribution < -0.4 is 0 Å². The molecule has 1 aromatic heterocycles. The number of hydrogen-bond donors (Lipinski definition) is 1. The average Bonchev–Trinajstić information content (AvgIpc) is 2.73. The summed E-state index contributed by atoms with van der Waals surface area (Å²) in [6.45, 7) is 0.539. The first-order valence-corrected chi connectivity index (χ1v) is 6.80. The minimum absolute atomic E-state index is 0.0331. The van der Waals surface area contributed by atoms with Crippen molar-refractivity contribution in [2.45, 2.75) is 37.8 Å². The van der Waals surface area contributed by atoms with Crippen molar-refractivity contribution in [3.8, 4) is 0 Å². The van der Waals surface area contributed by atoms with E-state index >= 15 is 0 Å². The Labute approximate surface area is 108 Å². The van der Waals surface area contributed by atoms with Gasteiger partial charge in [0.15, 0.2) is 0 Å². The Morgan fingerprint density at radius 3 is 2.32 bits per heavy atom. The fourth-order valence-corrected chi connectivity index (χ4v) is 2.97. The summed E-state index contributed by atoms with van der Waals surface area (Å²) in [6, 6.07) is 1.33. The van der Waals surface area contributed by atoms with Crippen LogP contribution in [0.1, 0.15) is 19.6 Å². The molecule has 110 valence electrons. The third-order valence-corrected chi connectivity index (χ3v) is 4.16. The van der Waals surface area contributed by atoms with Crippen molar-refractivity contribution in [2.75, 3.05) is 6.54 Å². The van der Waals surface area contributed by atoms with E-state index in [1.165, 1.54) is 19.9 Å². The highest BCUT2D eigenvalue weighted by Gasteiger charge is 2.39. The van der Waals surface area contributed by atoms with Gasteiger partial charge in [-0.25, -0.2) is 8.42 Å². The molecule has 0 aromatic carbocycles. The van der Waals surface area contributed by atoms with Crippen molar-refractivity contribution in [1.29, 1.82) is 0 Å². The van der Waals surface area contributed by atoms with Gasteiger partial charge in [0.2, 0.25) is 5.09 Å². The highest BCUT2D eigenvalue weighted by atomic mass is 32.2. The Kier molecular flexibility index (Phi) is 4.64. The monoisotopic (exact) mass is 301 g/mol. The van der Waals surface area contributed by atoms with Crippen molar-refractivity contribution < 1.29 is 31.1 Å². The summed E-state index contributed by atoms with van der Waals surface area (Å²) < 4.78 is 66.4. The minimum Gasteiger partial charge on any atom is -0.446 e. The van der Waals surface area contributed by atoms with E-state index in [4.69, 9.17) is 9.52 Å². The largest absolute Gasteiger partial charge is 0.446 e. The molecule has 0 saturated heterocycles. The fraction of sp³-hybridized carbons (Fsp3) is 0.600. The lowest BCUT2D eigenvalue weighted by Gasteiger charge is -2.25. The zero-order valence-corrected chi connectivity index (χ0v) is 11.1. The third kappa shape index (κ3) is 3.95. The number of halogens is 3. The van der Waals surface area contributed by atoms with Gasteiger partial charge in [-0.1, -0.05) is 0 Å². The lowest BCUT2D eigenvalue weighted by molar-refractivity contribution is -0.138. The van der Waals surface area contributed by atoms with Crippen molar-refractivity contribution in [3.63, 3.8) is 0 Å². The van der Waals surface area contributed by atoms with Crippen LogP contribution in [0.15, 0.2) is 21.6 Å². The van der Waals surface area contributed by atoms with E-state index < -0.39 is 40.5 Å². The molecule has 19 heavy (non-hydrogen) atoms. The molecule has 9 heteroatoms. The van der Waals surface area contributed by atoms with E-state index in [9.17, 15) is 21.6 Å². The first-order chi connectivity index (χ1) is 8.58. The highest BCUT2D eigenvalue weighted by Crippen LogP contribution is 2.25. The number of alkyl halides is 3. The van der Waals surface area contributed by atoms with Gasteiger partial charge in [0.1, 0.15) is 18.9 Å². The van der Waals surface area contributed by atoms with Gasteiger partial charge < -0.3 is 9.52 Å². The second kappa shape index (κ2) is 5.51. The molecule has 0 saturated carbocycles. The van der Waals surface area contributed by atoms with Gasteiger partial charge in [-0.3, -0.25) is 0 Å². The molecule has 1 rings (SSSR count). The molecule has 0 unspecified atom stereocenters. The number of rotatable bonds is 5. The summed E-state index contributed by atoms with van der Waals surface area (Å²) in [5.74, 6) is -0.0331. The predicted octanol–water partition coefficient (Wildman–Crippen LogP) is 1.73. The predicted molar refractivity (Wildman–Crippen MR) is 59.7 cm³/mol. The van der Waals surface area contributed by atoms with Crippen LogP contribution in [0.4, 0.5) is 13.2 Å².